The van der Waals surface area contributed by atoms with Crippen molar-refractivity contribution >= 4 is 23.5 Å². The van der Waals surface area contributed by atoms with Crippen LogP contribution in [0, 0.1) is 5.41 Å². The molecule has 1 aromatic carbocycles. The van der Waals surface area contributed by atoms with Gasteiger partial charge in [0.2, 0.25) is 0 Å². The summed E-state index contributed by atoms with van der Waals surface area (Å²) >= 11 is 5.97. The molecular formula is C25H31ClF3N3O4. The van der Waals surface area contributed by atoms with Crippen LogP contribution in [-0.4, -0.2) is 48.0 Å². The lowest BCUT2D eigenvalue weighted by Gasteiger charge is -2.25. The van der Waals surface area contributed by atoms with Crippen LogP contribution in [0.4, 0.5) is 13.2 Å². The fourth-order valence-corrected chi connectivity index (χ4v) is 4.20. The number of fused-ring (bicyclic) bond motifs is 1. The molecule has 0 spiro atoms. The Hall–Kier alpha value is -2.59. The van der Waals surface area contributed by atoms with Gasteiger partial charge in [-0.25, -0.2) is 4.79 Å². The van der Waals surface area contributed by atoms with E-state index in [1.165, 1.54) is 0 Å². The minimum absolute atomic E-state index is 0.0934. The van der Waals surface area contributed by atoms with Crippen molar-refractivity contribution in [2.45, 2.75) is 59.2 Å². The second kappa shape index (κ2) is 11.6. The number of nitrogens with zero attached hydrogens (tertiary/aromatic N) is 2. The lowest BCUT2D eigenvalue weighted by molar-refractivity contribution is -0.137. The van der Waals surface area contributed by atoms with Crippen molar-refractivity contribution < 1.29 is 32.2 Å². The Morgan fingerprint density at radius 2 is 1.97 bits per heavy atom. The van der Waals surface area contributed by atoms with Crippen LogP contribution < -0.4 is 5.32 Å². The number of hydrogen-bond acceptors (Lipinski definition) is 5. The number of nitrogens with one attached hydrogen (secondary N) is 1. The second-order valence-electron chi connectivity index (χ2n) is 9.54. The first-order valence-electron chi connectivity index (χ1n) is 11.9. The Kier molecular flexibility index (Phi) is 9.05. The van der Waals surface area contributed by atoms with Crippen molar-refractivity contribution in [1.29, 1.82) is 0 Å². The summed E-state index contributed by atoms with van der Waals surface area (Å²) in [5.41, 5.74) is 0.0718. The van der Waals surface area contributed by atoms with Crippen LogP contribution in [0.5, 0.6) is 0 Å². The molecule has 1 aliphatic rings. The first kappa shape index (κ1) is 28.0. The highest BCUT2D eigenvalue weighted by Gasteiger charge is 2.33. The molecule has 0 fully saturated rings. The molecule has 0 radical (unpaired) electrons. The molecule has 7 nitrogen and oxygen atoms in total. The van der Waals surface area contributed by atoms with Gasteiger partial charge in [-0.2, -0.15) is 18.3 Å². The summed E-state index contributed by atoms with van der Waals surface area (Å²) in [5, 5.41) is 7.49. The van der Waals surface area contributed by atoms with E-state index in [9.17, 15) is 22.8 Å². The molecule has 0 unspecified atom stereocenters. The molecule has 0 aliphatic carbocycles. The van der Waals surface area contributed by atoms with Crippen LogP contribution >= 0.6 is 11.6 Å². The molecule has 0 bridgehead atoms. The zero-order chi connectivity index (χ0) is 26.5. The van der Waals surface area contributed by atoms with E-state index in [1.54, 1.807) is 4.68 Å². The molecule has 0 saturated heterocycles. The highest BCUT2D eigenvalue weighted by Crippen LogP contribution is 2.32. The summed E-state index contributed by atoms with van der Waals surface area (Å²) in [4.78, 5) is 25.5. The number of aryl methyl sites for hydroxylation is 1. The second-order valence-corrected chi connectivity index (χ2v) is 9.94. The van der Waals surface area contributed by atoms with Gasteiger partial charge in [-0.05, 0) is 43.9 Å². The fraction of sp³-hybridized carbons (Fsp3) is 0.560. The summed E-state index contributed by atoms with van der Waals surface area (Å²) in [7, 11) is 0. The number of esters is 1. The van der Waals surface area contributed by atoms with E-state index >= 15 is 0 Å². The molecule has 0 atom stereocenters. The average Bonchev–Trinajstić information content (AvgIpc) is 3.13. The standard InChI is InChI=1S/C25H31ClF3N3O4/c1-4-19-21-20(7-5-11-35-12-6-10-30-22(21)33)32(31-19)14-24(2,3)15-36-23(34)17-13-16(25(27,28)29)8-9-18(17)26/h8-9,13H,4-7,10-12,14-15H2,1-3H3,(H,30,33). The number of carbonyl (C=O) groups excluding carboxylic acids is 2. The van der Waals surface area contributed by atoms with Gasteiger partial charge in [-0.15, -0.1) is 0 Å². The van der Waals surface area contributed by atoms with Crippen molar-refractivity contribution in [1.82, 2.24) is 15.1 Å². The van der Waals surface area contributed by atoms with Gasteiger partial charge in [-0.1, -0.05) is 32.4 Å². The molecule has 198 valence electrons. The minimum Gasteiger partial charge on any atom is -0.461 e. The van der Waals surface area contributed by atoms with Gasteiger partial charge in [0.05, 0.1) is 39.7 Å². The van der Waals surface area contributed by atoms with E-state index in [0.29, 0.717) is 56.5 Å². The molecule has 2 heterocycles. The van der Waals surface area contributed by atoms with Crippen molar-refractivity contribution in [2.24, 2.45) is 5.41 Å². The molecular weight excluding hydrogens is 499 g/mol. The molecule has 1 amide bonds. The Bertz CT molecular complexity index is 1100. The molecule has 0 saturated carbocycles. The van der Waals surface area contributed by atoms with Gasteiger partial charge in [-0.3, -0.25) is 9.48 Å². The third kappa shape index (κ3) is 7.00. The number of alkyl halides is 3. The van der Waals surface area contributed by atoms with Crippen LogP contribution in [0.3, 0.4) is 0 Å². The number of carbonyl (C=O) groups is 2. The first-order chi connectivity index (χ1) is 16.9. The third-order valence-electron chi connectivity index (χ3n) is 5.83. The number of amides is 1. The van der Waals surface area contributed by atoms with E-state index in [2.05, 4.69) is 10.4 Å². The van der Waals surface area contributed by atoms with Gasteiger partial charge >= 0.3 is 12.1 Å². The minimum atomic E-state index is -4.61. The van der Waals surface area contributed by atoms with E-state index in [0.717, 1.165) is 30.7 Å². The Labute approximate surface area is 213 Å². The fourth-order valence-electron chi connectivity index (χ4n) is 4.00. The SMILES string of the molecule is CCc1nn(CC(C)(C)COC(=O)c2cc(C(F)(F)F)ccc2Cl)c2c1C(=O)NCCCOCCC2. The van der Waals surface area contributed by atoms with Crippen molar-refractivity contribution in [3.63, 3.8) is 0 Å². The van der Waals surface area contributed by atoms with Crippen LogP contribution in [0.1, 0.15) is 71.3 Å². The number of rotatable bonds is 6. The summed E-state index contributed by atoms with van der Waals surface area (Å²) < 4.78 is 52.0. The predicted octanol–water partition coefficient (Wildman–Crippen LogP) is 5.08. The van der Waals surface area contributed by atoms with Gasteiger partial charge in [0, 0.05) is 31.7 Å². The highest BCUT2D eigenvalue weighted by molar-refractivity contribution is 6.33. The quantitative estimate of drug-likeness (QED) is 0.527. The number of aromatic nitrogens is 2. The average molecular weight is 530 g/mol. The van der Waals surface area contributed by atoms with Crippen molar-refractivity contribution in [3.8, 4) is 0 Å². The van der Waals surface area contributed by atoms with Crippen LogP contribution in [-0.2, 0) is 35.0 Å². The number of ether oxygens (including phenoxy) is 2. The molecule has 1 aromatic heterocycles. The molecule has 36 heavy (non-hydrogen) atoms. The number of hydrogen-bond donors (Lipinski definition) is 1. The number of halogens is 4. The van der Waals surface area contributed by atoms with E-state index < -0.39 is 23.1 Å². The van der Waals surface area contributed by atoms with E-state index in [1.807, 2.05) is 20.8 Å². The third-order valence-corrected chi connectivity index (χ3v) is 6.16. The Balaban J connectivity index is 1.79. The summed E-state index contributed by atoms with van der Waals surface area (Å²) in [6, 6.07) is 2.53. The lowest BCUT2D eigenvalue weighted by atomic mass is 9.94. The summed E-state index contributed by atoms with van der Waals surface area (Å²) in [6.45, 7) is 7.52. The molecule has 1 N–H and O–H groups in total. The maximum absolute atomic E-state index is 13.1. The smallest absolute Gasteiger partial charge is 0.416 e. The highest BCUT2D eigenvalue weighted by atomic mass is 35.5. The molecule has 1 aliphatic heterocycles. The number of benzene rings is 1. The molecule has 11 heteroatoms. The lowest BCUT2D eigenvalue weighted by Crippen LogP contribution is -2.29. The van der Waals surface area contributed by atoms with Crippen molar-refractivity contribution in [3.05, 3.63) is 51.3 Å². The zero-order valence-corrected chi connectivity index (χ0v) is 21.4. The van der Waals surface area contributed by atoms with Crippen LogP contribution in [0.25, 0.3) is 0 Å². The van der Waals surface area contributed by atoms with Crippen LogP contribution in [0.2, 0.25) is 5.02 Å². The maximum atomic E-state index is 13.1. The summed E-state index contributed by atoms with van der Waals surface area (Å²) in [6.07, 6.45) is -2.00. The molecule has 3 rings (SSSR count). The van der Waals surface area contributed by atoms with Gasteiger partial charge in [0.1, 0.15) is 0 Å². The van der Waals surface area contributed by atoms with Gasteiger partial charge < -0.3 is 14.8 Å². The van der Waals surface area contributed by atoms with E-state index in [4.69, 9.17) is 21.1 Å². The maximum Gasteiger partial charge on any atom is 0.416 e. The normalized spacial score (nSPS) is 15.6. The first-order valence-corrected chi connectivity index (χ1v) is 12.3. The van der Waals surface area contributed by atoms with Crippen LogP contribution in [0.15, 0.2) is 18.2 Å². The molecule has 2 aromatic rings. The Morgan fingerprint density at radius 3 is 2.67 bits per heavy atom. The predicted molar refractivity (Wildman–Crippen MR) is 128 cm³/mol. The van der Waals surface area contributed by atoms with Gasteiger partial charge in [0.15, 0.2) is 0 Å². The van der Waals surface area contributed by atoms with Gasteiger partial charge in [0.25, 0.3) is 5.91 Å². The zero-order valence-electron chi connectivity index (χ0n) is 20.6. The largest absolute Gasteiger partial charge is 0.461 e. The summed E-state index contributed by atoms with van der Waals surface area (Å²) in [5.74, 6) is -1.11. The monoisotopic (exact) mass is 529 g/mol. The van der Waals surface area contributed by atoms with E-state index in [-0.39, 0.29) is 23.1 Å². The Morgan fingerprint density at radius 1 is 1.25 bits per heavy atom. The topological polar surface area (TPSA) is 82.5 Å². The van der Waals surface area contributed by atoms with Crippen molar-refractivity contribution in [2.75, 3.05) is 26.4 Å².